The zero-order valence-corrected chi connectivity index (χ0v) is 13.2. The van der Waals surface area contributed by atoms with E-state index in [1.165, 1.54) is 5.56 Å². The lowest BCUT2D eigenvalue weighted by molar-refractivity contribution is 0.0928. The first kappa shape index (κ1) is 16.4. The molecule has 20 heavy (non-hydrogen) atoms. The van der Waals surface area contributed by atoms with E-state index in [-0.39, 0.29) is 11.7 Å². The van der Waals surface area contributed by atoms with Crippen LogP contribution in [0.15, 0.2) is 12.1 Å². The highest BCUT2D eigenvalue weighted by atomic mass is 16.1. The summed E-state index contributed by atoms with van der Waals surface area (Å²) in [6.45, 7) is 11.8. The summed E-state index contributed by atoms with van der Waals surface area (Å²) in [7, 11) is 0. The van der Waals surface area contributed by atoms with Gasteiger partial charge in [-0.15, -0.1) is 0 Å². The average Bonchev–Trinajstić information content (AvgIpc) is 2.41. The molecule has 0 saturated carbocycles. The van der Waals surface area contributed by atoms with Gasteiger partial charge in [0.15, 0.2) is 5.78 Å². The molecule has 0 spiro atoms. The first-order chi connectivity index (χ1) is 9.38. The standard InChI is InChI=1S/C17H24N2O/c1-6-19(10-12(2)9-18)11-17(20)16-8-14(4)13(3)7-15(16)5/h7-8,12H,6,10-11H2,1-5H3. The molecule has 1 atom stereocenters. The van der Waals surface area contributed by atoms with Crippen LogP contribution in [-0.4, -0.2) is 30.3 Å². The summed E-state index contributed by atoms with van der Waals surface area (Å²) in [6.07, 6.45) is 0. The second kappa shape index (κ2) is 7.21. The summed E-state index contributed by atoms with van der Waals surface area (Å²) < 4.78 is 0. The first-order valence-electron chi connectivity index (χ1n) is 7.12. The van der Waals surface area contributed by atoms with Crippen molar-refractivity contribution in [1.29, 1.82) is 5.26 Å². The predicted octanol–water partition coefficient (Wildman–Crippen LogP) is 3.28. The Balaban J connectivity index is 2.85. The van der Waals surface area contributed by atoms with Gasteiger partial charge in [0.2, 0.25) is 0 Å². The van der Waals surface area contributed by atoms with Crippen LogP contribution in [0.4, 0.5) is 0 Å². The number of likely N-dealkylation sites (N-methyl/N-ethyl adjacent to an activating group) is 1. The monoisotopic (exact) mass is 272 g/mol. The van der Waals surface area contributed by atoms with Crippen molar-refractivity contribution in [2.45, 2.75) is 34.6 Å². The second-order valence-corrected chi connectivity index (χ2v) is 5.53. The fourth-order valence-electron chi connectivity index (χ4n) is 2.28. The second-order valence-electron chi connectivity index (χ2n) is 5.53. The Morgan fingerprint density at radius 1 is 1.25 bits per heavy atom. The largest absolute Gasteiger partial charge is 0.295 e. The van der Waals surface area contributed by atoms with E-state index in [0.717, 1.165) is 23.2 Å². The highest BCUT2D eigenvalue weighted by molar-refractivity contribution is 5.99. The van der Waals surface area contributed by atoms with Crippen molar-refractivity contribution in [2.24, 2.45) is 5.92 Å². The van der Waals surface area contributed by atoms with Crippen LogP contribution in [0.3, 0.4) is 0 Å². The molecular formula is C17H24N2O. The Bertz CT molecular complexity index is 529. The number of aryl methyl sites for hydroxylation is 3. The molecule has 0 N–H and O–H groups in total. The summed E-state index contributed by atoms with van der Waals surface area (Å²) >= 11 is 0. The van der Waals surface area contributed by atoms with Crippen LogP contribution in [0.5, 0.6) is 0 Å². The summed E-state index contributed by atoms with van der Waals surface area (Å²) in [5.41, 5.74) is 4.19. The molecule has 3 nitrogen and oxygen atoms in total. The van der Waals surface area contributed by atoms with Crippen LogP contribution >= 0.6 is 0 Å². The van der Waals surface area contributed by atoms with Gasteiger partial charge in [0, 0.05) is 12.1 Å². The number of benzene rings is 1. The average molecular weight is 272 g/mol. The number of hydrogen-bond acceptors (Lipinski definition) is 3. The Kier molecular flexibility index (Phi) is 5.91. The molecule has 108 valence electrons. The maximum Gasteiger partial charge on any atom is 0.177 e. The lowest BCUT2D eigenvalue weighted by Crippen LogP contribution is -2.33. The van der Waals surface area contributed by atoms with Gasteiger partial charge in [0.25, 0.3) is 0 Å². The molecule has 0 amide bonds. The van der Waals surface area contributed by atoms with E-state index < -0.39 is 0 Å². The zero-order chi connectivity index (χ0) is 15.3. The molecule has 0 radical (unpaired) electrons. The van der Waals surface area contributed by atoms with E-state index in [1.807, 2.05) is 38.7 Å². The van der Waals surface area contributed by atoms with E-state index in [0.29, 0.717) is 13.1 Å². The molecular weight excluding hydrogens is 248 g/mol. The molecule has 1 rings (SSSR count). The fourth-order valence-corrected chi connectivity index (χ4v) is 2.28. The van der Waals surface area contributed by atoms with Gasteiger partial charge in [-0.05, 0) is 57.0 Å². The molecule has 1 aromatic rings. The lowest BCUT2D eigenvalue weighted by atomic mass is 9.98. The van der Waals surface area contributed by atoms with Crippen LogP contribution in [-0.2, 0) is 0 Å². The fraction of sp³-hybridized carbons (Fsp3) is 0.529. The molecule has 0 aliphatic heterocycles. The molecule has 1 aromatic carbocycles. The van der Waals surface area contributed by atoms with Gasteiger partial charge >= 0.3 is 0 Å². The number of ketones is 1. The van der Waals surface area contributed by atoms with Crippen LogP contribution in [0.25, 0.3) is 0 Å². The minimum Gasteiger partial charge on any atom is -0.295 e. The molecule has 0 aromatic heterocycles. The van der Waals surface area contributed by atoms with Gasteiger partial charge in [0.05, 0.1) is 18.5 Å². The Morgan fingerprint density at radius 2 is 1.85 bits per heavy atom. The Hall–Kier alpha value is -1.66. The molecule has 0 aliphatic carbocycles. The van der Waals surface area contributed by atoms with Crippen LogP contribution in [0.1, 0.15) is 40.9 Å². The Morgan fingerprint density at radius 3 is 2.40 bits per heavy atom. The molecule has 0 saturated heterocycles. The lowest BCUT2D eigenvalue weighted by Gasteiger charge is -2.21. The predicted molar refractivity (Wildman–Crippen MR) is 81.9 cm³/mol. The van der Waals surface area contributed by atoms with Gasteiger partial charge in [-0.1, -0.05) is 13.0 Å². The minimum absolute atomic E-state index is 0.0522. The van der Waals surface area contributed by atoms with Crippen molar-refractivity contribution in [3.05, 3.63) is 34.4 Å². The quantitative estimate of drug-likeness (QED) is 0.746. The maximum atomic E-state index is 12.4. The SMILES string of the molecule is CCN(CC(=O)c1cc(C)c(C)cc1C)CC(C)C#N. The highest BCUT2D eigenvalue weighted by Gasteiger charge is 2.16. The molecule has 0 fully saturated rings. The van der Waals surface area contributed by atoms with Gasteiger partial charge in [-0.3, -0.25) is 9.69 Å². The molecule has 0 aliphatic rings. The minimum atomic E-state index is -0.0522. The number of hydrogen-bond donors (Lipinski definition) is 0. The van der Waals surface area contributed by atoms with Crippen molar-refractivity contribution in [3.63, 3.8) is 0 Å². The Labute approximate surface area is 122 Å². The maximum absolute atomic E-state index is 12.4. The number of rotatable bonds is 6. The normalized spacial score (nSPS) is 12.2. The third-order valence-electron chi connectivity index (χ3n) is 3.71. The molecule has 1 unspecified atom stereocenters. The number of Topliss-reactive ketones (excluding diaryl/α,β-unsaturated/α-hetero) is 1. The van der Waals surface area contributed by atoms with Gasteiger partial charge in [-0.25, -0.2) is 0 Å². The van der Waals surface area contributed by atoms with Gasteiger partial charge < -0.3 is 0 Å². The van der Waals surface area contributed by atoms with Crippen molar-refractivity contribution < 1.29 is 4.79 Å². The number of carbonyl (C=O) groups excluding carboxylic acids is 1. The zero-order valence-electron chi connectivity index (χ0n) is 13.2. The highest BCUT2D eigenvalue weighted by Crippen LogP contribution is 2.16. The topological polar surface area (TPSA) is 44.1 Å². The van der Waals surface area contributed by atoms with E-state index >= 15 is 0 Å². The van der Waals surface area contributed by atoms with Crippen LogP contribution in [0, 0.1) is 38.0 Å². The summed E-state index contributed by atoms with van der Waals surface area (Å²) in [4.78, 5) is 14.5. The van der Waals surface area contributed by atoms with Crippen molar-refractivity contribution >= 4 is 5.78 Å². The summed E-state index contributed by atoms with van der Waals surface area (Å²) in [5.74, 6) is 0.0844. The van der Waals surface area contributed by atoms with Gasteiger partial charge in [0.1, 0.15) is 0 Å². The van der Waals surface area contributed by atoms with Crippen molar-refractivity contribution in [2.75, 3.05) is 19.6 Å². The van der Waals surface area contributed by atoms with E-state index in [2.05, 4.69) is 19.1 Å². The smallest absolute Gasteiger partial charge is 0.177 e. The van der Waals surface area contributed by atoms with Gasteiger partial charge in [-0.2, -0.15) is 5.26 Å². The van der Waals surface area contributed by atoms with E-state index in [4.69, 9.17) is 5.26 Å². The van der Waals surface area contributed by atoms with E-state index in [9.17, 15) is 4.79 Å². The van der Waals surface area contributed by atoms with E-state index in [1.54, 1.807) is 0 Å². The molecule has 3 heteroatoms. The van der Waals surface area contributed by atoms with Crippen molar-refractivity contribution in [3.8, 4) is 6.07 Å². The summed E-state index contributed by atoms with van der Waals surface area (Å²) in [6, 6.07) is 6.26. The number of nitriles is 1. The third kappa shape index (κ3) is 4.18. The van der Waals surface area contributed by atoms with Crippen LogP contribution in [0.2, 0.25) is 0 Å². The number of nitrogens with zero attached hydrogens (tertiary/aromatic N) is 2. The van der Waals surface area contributed by atoms with Crippen LogP contribution < -0.4 is 0 Å². The first-order valence-corrected chi connectivity index (χ1v) is 7.12. The number of carbonyl (C=O) groups is 1. The third-order valence-corrected chi connectivity index (χ3v) is 3.71. The molecule has 0 heterocycles. The summed E-state index contributed by atoms with van der Waals surface area (Å²) in [5, 5.41) is 8.88. The van der Waals surface area contributed by atoms with Crippen molar-refractivity contribution in [1.82, 2.24) is 4.90 Å². The molecule has 0 bridgehead atoms.